The van der Waals surface area contributed by atoms with E-state index >= 15 is 0 Å². The Balaban J connectivity index is 1.79. The summed E-state index contributed by atoms with van der Waals surface area (Å²) in [4.78, 5) is 15.9. The summed E-state index contributed by atoms with van der Waals surface area (Å²) in [5, 5.41) is 12.6. The molecule has 0 radical (unpaired) electrons. The van der Waals surface area contributed by atoms with Crippen LogP contribution >= 0.6 is 0 Å². The van der Waals surface area contributed by atoms with Crippen molar-refractivity contribution < 1.29 is 4.79 Å². The number of rotatable bonds is 7. The van der Waals surface area contributed by atoms with Gasteiger partial charge in [0.25, 0.3) is 5.91 Å². The maximum absolute atomic E-state index is 11.9. The van der Waals surface area contributed by atoms with Gasteiger partial charge in [-0.2, -0.15) is 5.10 Å². The van der Waals surface area contributed by atoms with Crippen molar-refractivity contribution in [3.8, 4) is 0 Å². The molecule has 0 unspecified atom stereocenters. The predicted octanol–water partition coefficient (Wildman–Crippen LogP) is 1.60. The Bertz CT molecular complexity index is 521. The predicted molar refractivity (Wildman–Crippen MR) is 77.6 cm³/mol. The lowest BCUT2D eigenvalue weighted by molar-refractivity contribution is 0.0954. The van der Waals surface area contributed by atoms with Crippen LogP contribution in [0.15, 0.2) is 30.6 Å². The highest BCUT2D eigenvalue weighted by atomic mass is 16.1. The number of H-pyrrole nitrogens is 1. The molecule has 0 saturated carbocycles. The topological polar surface area (TPSA) is 82.7 Å². The van der Waals surface area contributed by atoms with Crippen molar-refractivity contribution in [2.75, 3.05) is 18.4 Å². The first-order valence-corrected chi connectivity index (χ1v) is 6.76. The fourth-order valence-electron chi connectivity index (χ4n) is 1.76. The van der Waals surface area contributed by atoms with E-state index in [9.17, 15) is 4.79 Å². The molecule has 0 saturated heterocycles. The van der Waals surface area contributed by atoms with Gasteiger partial charge in [0.15, 0.2) is 0 Å². The highest BCUT2D eigenvalue weighted by Crippen LogP contribution is 2.09. The van der Waals surface area contributed by atoms with E-state index in [0.717, 1.165) is 24.5 Å². The fourth-order valence-corrected chi connectivity index (χ4v) is 1.76. The number of aromatic nitrogens is 3. The minimum Gasteiger partial charge on any atom is -0.385 e. The molecule has 6 nitrogen and oxygen atoms in total. The second kappa shape index (κ2) is 7.28. The Kier molecular flexibility index (Phi) is 5.11. The number of hydrogen-bond acceptors (Lipinski definition) is 4. The van der Waals surface area contributed by atoms with Crippen LogP contribution < -0.4 is 10.6 Å². The van der Waals surface area contributed by atoms with Gasteiger partial charge < -0.3 is 10.6 Å². The Morgan fingerprint density at radius 2 is 2.05 bits per heavy atom. The summed E-state index contributed by atoms with van der Waals surface area (Å²) in [6, 6.07) is 7.48. The number of benzene rings is 1. The molecule has 0 aliphatic rings. The minimum atomic E-state index is -0.0773. The molecule has 1 aromatic heterocycles. The van der Waals surface area contributed by atoms with E-state index in [-0.39, 0.29) is 5.91 Å². The van der Waals surface area contributed by atoms with Gasteiger partial charge in [-0.25, -0.2) is 4.98 Å². The van der Waals surface area contributed by atoms with Crippen LogP contribution in [0.4, 0.5) is 5.69 Å². The van der Waals surface area contributed by atoms with Gasteiger partial charge in [0.05, 0.1) is 0 Å². The number of amides is 1. The van der Waals surface area contributed by atoms with E-state index in [4.69, 9.17) is 0 Å². The van der Waals surface area contributed by atoms with Crippen LogP contribution in [0.2, 0.25) is 0 Å². The van der Waals surface area contributed by atoms with Crippen molar-refractivity contribution >= 4 is 11.6 Å². The first-order valence-electron chi connectivity index (χ1n) is 6.76. The lowest BCUT2D eigenvalue weighted by Gasteiger charge is -2.07. The Hall–Kier alpha value is -2.37. The molecule has 3 N–H and O–H groups in total. The molecule has 0 aliphatic heterocycles. The monoisotopic (exact) mass is 273 g/mol. The molecule has 0 fully saturated rings. The normalized spacial score (nSPS) is 10.2. The van der Waals surface area contributed by atoms with Crippen molar-refractivity contribution in [3.05, 3.63) is 42.0 Å². The number of carbonyl (C=O) groups is 1. The van der Waals surface area contributed by atoms with E-state index in [0.29, 0.717) is 18.5 Å². The summed E-state index contributed by atoms with van der Waals surface area (Å²) >= 11 is 0. The summed E-state index contributed by atoms with van der Waals surface area (Å²) < 4.78 is 0. The van der Waals surface area contributed by atoms with Gasteiger partial charge in [0.1, 0.15) is 12.2 Å². The average Bonchev–Trinajstić information content (AvgIpc) is 2.99. The number of nitrogens with zero attached hydrogens (tertiary/aromatic N) is 2. The van der Waals surface area contributed by atoms with Gasteiger partial charge in [0, 0.05) is 30.8 Å². The van der Waals surface area contributed by atoms with Crippen molar-refractivity contribution in [2.24, 2.45) is 0 Å². The molecule has 2 rings (SSSR count). The SMILES string of the molecule is CCCNc1ccc(C(=O)NCCc2ncn[nH]2)cc1. The van der Waals surface area contributed by atoms with E-state index in [1.165, 1.54) is 6.33 Å². The lowest BCUT2D eigenvalue weighted by Crippen LogP contribution is -2.25. The van der Waals surface area contributed by atoms with Gasteiger partial charge >= 0.3 is 0 Å². The number of hydrogen-bond donors (Lipinski definition) is 3. The van der Waals surface area contributed by atoms with E-state index in [1.54, 1.807) is 0 Å². The minimum absolute atomic E-state index is 0.0773. The smallest absolute Gasteiger partial charge is 0.251 e. The fraction of sp³-hybridized carbons (Fsp3) is 0.357. The molecule has 0 atom stereocenters. The maximum Gasteiger partial charge on any atom is 0.251 e. The average molecular weight is 273 g/mol. The van der Waals surface area contributed by atoms with E-state index < -0.39 is 0 Å². The third kappa shape index (κ3) is 4.08. The molecule has 2 aromatic rings. The largest absolute Gasteiger partial charge is 0.385 e. The first kappa shape index (κ1) is 14.0. The highest BCUT2D eigenvalue weighted by Gasteiger charge is 2.05. The third-order valence-electron chi connectivity index (χ3n) is 2.84. The first-order chi connectivity index (χ1) is 9.79. The molecular weight excluding hydrogens is 254 g/mol. The summed E-state index contributed by atoms with van der Waals surface area (Å²) in [6.45, 7) is 3.58. The van der Waals surface area contributed by atoms with Crippen LogP contribution in [0.1, 0.15) is 29.5 Å². The van der Waals surface area contributed by atoms with E-state index in [2.05, 4.69) is 32.7 Å². The van der Waals surface area contributed by atoms with Crippen LogP contribution in [0, 0.1) is 0 Å². The maximum atomic E-state index is 11.9. The van der Waals surface area contributed by atoms with E-state index in [1.807, 2.05) is 24.3 Å². The molecule has 0 bridgehead atoms. The van der Waals surface area contributed by atoms with Crippen LogP contribution in [0.5, 0.6) is 0 Å². The molecule has 1 heterocycles. The van der Waals surface area contributed by atoms with Gasteiger partial charge in [-0.1, -0.05) is 6.92 Å². The molecule has 0 aliphatic carbocycles. The zero-order valence-corrected chi connectivity index (χ0v) is 11.5. The second-order valence-electron chi connectivity index (χ2n) is 4.44. The number of anilines is 1. The quantitative estimate of drug-likeness (QED) is 0.715. The van der Waals surface area contributed by atoms with Crippen molar-refractivity contribution in [3.63, 3.8) is 0 Å². The summed E-state index contributed by atoms with van der Waals surface area (Å²) in [7, 11) is 0. The summed E-state index contributed by atoms with van der Waals surface area (Å²) in [5.41, 5.74) is 1.69. The van der Waals surface area contributed by atoms with Crippen LogP contribution in [-0.2, 0) is 6.42 Å². The molecule has 1 aromatic carbocycles. The molecule has 6 heteroatoms. The van der Waals surface area contributed by atoms with Crippen molar-refractivity contribution in [1.29, 1.82) is 0 Å². The Labute approximate surface area is 118 Å². The highest BCUT2D eigenvalue weighted by molar-refractivity contribution is 5.94. The Morgan fingerprint density at radius 3 is 2.70 bits per heavy atom. The second-order valence-corrected chi connectivity index (χ2v) is 4.44. The summed E-state index contributed by atoms with van der Waals surface area (Å²) in [5.74, 6) is 0.691. The van der Waals surface area contributed by atoms with Gasteiger partial charge in [-0.3, -0.25) is 9.89 Å². The van der Waals surface area contributed by atoms with Gasteiger partial charge in [-0.05, 0) is 30.7 Å². The van der Waals surface area contributed by atoms with Crippen molar-refractivity contribution in [2.45, 2.75) is 19.8 Å². The van der Waals surface area contributed by atoms with Crippen molar-refractivity contribution in [1.82, 2.24) is 20.5 Å². The zero-order valence-electron chi connectivity index (χ0n) is 11.5. The van der Waals surface area contributed by atoms with Crippen LogP contribution in [0.25, 0.3) is 0 Å². The van der Waals surface area contributed by atoms with Gasteiger partial charge in [0.2, 0.25) is 0 Å². The Morgan fingerprint density at radius 1 is 1.25 bits per heavy atom. The lowest BCUT2D eigenvalue weighted by atomic mass is 10.2. The van der Waals surface area contributed by atoms with Gasteiger partial charge in [-0.15, -0.1) is 0 Å². The molecule has 106 valence electrons. The number of carbonyl (C=O) groups excluding carboxylic acids is 1. The number of aromatic amines is 1. The zero-order chi connectivity index (χ0) is 14.2. The van der Waals surface area contributed by atoms with Crippen LogP contribution in [-0.4, -0.2) is 34.2 Å². The van der Waals surface area contributed by atoms with Crippen LogP contribution in [0.3, 0.4) is 0 Å². The summed E-state index contributed by atoms with van der Waals surface area (Å²) in [6.07, 6.45) is 3.17. The number of nitrogens with one attached hydrogen (secondary N) is 3. The standard InChI is InChI=1S/C14H19N5O/c1-2-8-15-12-5-3-11(4-6-12)14(20)16-9-7-13-17-10-18-19-13/h3-6,10,15H,2,7-9H2,1H3,(H,16,20)(H,17,18,19). The molecule has 20 heavy (non-hydrogen) atoms. The molecule has 1 amide bonds. The molecule has 0 spiro atoms. The third-order valence-corrected chi connectivity index (χ3v) is 2.84. The molecular formula is C14H19N5O.